The van der Waals surface area contributed by atoms with Gasteiger partial charge in [0.2, 0.25) is 10.0 Å². The van der Waals surface area contributed by atoms with Gasteiger partial charge in [0.05, 0.1) is 15.1 Å². The molecule has 0 saturated carbocycles. The summed E-state index contributed by atoms with van der Waals surface area (Å²) in [5.41, 5.74) is 3.66. The van der Waals surface area contributed by atoms with Crippen LogP contribution in [0, 0.1) is 0 Å². The minimum Gasteiger partial charge on any atom is -0.313 e. The molecule has 2 aromatic heterocycles. The van der Waals surface area contributed by atoms with Gasteiger partial charge in [-0.2, -0.15) is 4.31 Å². The number of para-hydroxylation sites is 1. The van der Waals surface area contributed by atoms with Crippen LogP contribution in [0.3, 0.4) is 0 Å². The number of nitrogens with one attached hydrogen (secondary N) is 1. The number of nitrogens with zero attached hydrogens (tertiary/aromatic N) is 3. The van der Waals surface area contributed by atoms with E-state index in [4.69, 9.17) is 4.98 Å². The van der Waals surface area contributed by atoms with Crippen molar-refractivity contribution >= 4 is 66.2 Å². The second-order valence-electron chi connectivity index (χ2n) is 9.81. The Labute approximate surface area is 244 Å². The first kappa shape index (κ1) is 29.6. The third kappa shape index (κ3) is 5.91. The number of hydrogen-bond acceptors (Lipinski definition) is 7. The lowest BCUT2D eigenvalue weighted by molar-refractivity contribution is 0.102. The van der Waals surface area contributed by atoms with Crippen molar-refractivity contribution in [2.45, 2.75) is 51.1 Å². The Hall–Kier alpha value is -2.34. The van der Waals surface area contributed by atoms with Crippen molar-refractivity contribution < 1.29 is 13.2 Å². The normalized spacial score (nSPS) is 14.0. The summed E-state index contributed by atoms with van der Waals surface area (Å²) >= 11 is 3.27. The predicted octanol–water partition coefficient (Wildman–Crippen LogP) is 6.50. The van der Waals surface area contributed by atoms with Crippen LogP contribution in [0.15, 0.2) is 53.4 Å². The Balaban J connectivity index is 0.00000353. The number of carbonyl (C=O) groups is 1. The SMILES string of the molecule is CCCN1CCc2c(sc(NC(=O)c3ccc(S(=O)(=O)N(C)C(C)C)cc3)c2-c2nc3ccccc3s2)C1.Cl. The zero-order valence-electron chi connectivity index (χ0n) is 22.4. The van der Waals surface area contributed by atoms with Crippen LogP contribution in [0.25, 0.3) is 20.8 Å². The van der Waals surface area contributed by atoms with Gasteiger partial charge < -0.3 is 5.32 Å². The smallest absolute Gasteiger partial charge is 0.256 e. The molecule has 11 heteroatoms. The molecule has 1 amide bonds. The number of hydrogen-bond donors (Lipinski definition) is 1. The number of fused-ring (bicyclic) bond motifs is 2. The molecule has 3 heterocycles. The van der Waals surface area contributed by atoms with Crippen LogP contribution >= 0.6 is 35.1 Å². The van der Waals surface area contributed by atoms with E-state index in [1.54, 1.807) is 41.9 Å². The molecule has 5 rings (SSSR count). The molecule has 1 aliphatic rings. The number of rotatable bonds is 8. The van der Waals surface area contributed by atoms with E-state index in [0.717, 1.165) is 58.3 Å². The largest absolute Gasteiger partial charge is 0.313 e. The molecule has 1 N–H and O–H groups in total. The third-order valence-corrected chi connectivity index (χ3v) is 11.2. The van der Waals surface area contributed by atoms with Crippen molar-refractivity contribution in [1.82, 2.24) is 14.2 Å². The Bertz CT molecular complexity index is 1550. The monoisotopic (exact) mass is 604 g/mol. The van der Waals surface area contributed by atoms with Crippen molar-refractivity contribution in [1.29, 1.82) is 0 Å². The quantitative estimate of drug-likeness (QED) is 0.248. The molecule has 0 bridgehead atoms. The molecule has 0 radical (unpaired) electrons. The molecule has 0 atom stereocenters. The average molecular weight is 605 g/mol. The molecule has 4 aromatic rings. The molecule has 1 aliphatic heterocycles. The van der Waals surface area contributed by atoms with Crippen LogP contribution in [0.2, 0.25) is 0 Å². The molecule has 2 aromatic carbocycles. The van der Waals surface area contributed by atoms with Gasteiger partial charge in [-0.1, -0.05) is 19.1 Å². The van der Waals surface area contributed by atoms with Crippen molar-refractivity contribution in [3.05, 3.63) is 64.5 Å². The van der Waals surface area contributed by atoms with Gasteiger partial charge in [0.15, 0.2) is 0 Å². The van der Waals surface area contributed by atoms with Crippen LogP contribution in [0.4, 0.5) is 5.00 Å². The Morgan fingerprint density at radius 2 is 1.85 bits per heavy atom. The van der Waals surface area contributed by atoms with Gasteiger partial charge in [0.25, 0.3) is 5.91 Å². The number of thiazole rings is 1. The fourth-order valence-corrected chi connectivity index (χ4v) is 8.42. The van der Waals surface area contributed by atoms with Crippen molar-refractivity contribution in [2.24, 2.45) is 0 Å². The number of sulfonamides is 1. The highest BCUT2D eigenvalue weighted by Crippen LogP contribution is 2.45. The van der Waals surface area contributed by atoms with Crippen molar-refractivity contribution in [3.8, 4) is 10.6 Å². The molecule has 208 valence electrons. The number of aromatic nitrogens is 1. The third-order valence-electron chi connectivity index (χ3n) is 6.93. The van der Waals surface area contributed by atoms with Gasteiger partial charge in [-0.05, 0) is 75.2 Å². The molecule has 0 unspecified atom stereocenters. The minimum atomic E-state index is -3.62. The zero-order valence-corrected chi connectivity index (χ0v) is 25.7. The molecule has 0 saturated heterocycles. The fourth-order valence-electron chi connectivity index (χ4n) is 4.65. The van der Waals surface area contributed by atoms with E-state index in [1.807, 2.05) is 32.0 Å². The first-order valence-corrected chi connectivity index (χ1v) is 15.9. The Morgan fingerprint density at radius 1 is 1.13 bits per heavy atom. The van der Waals surface area contributed by atoms with E-state index >= 15 is 0 Å². The summed E-state index contributed by atoms with van der Waals surface area (Å²) in [4.78, 5) is 22.2. The number of thiophene rings is 1. The topological polar surface area (TPSA) is 82.6 Å². The van der Waals surface area contributed by atoms with Gasteiger partial charge in [-0.3, -0.25) is 9.69 Å². The Morgan fingerprint density at radius 3 is 2.51 bits per heavy atom. The number of carbonyl (C=O) groups excluding carboxylic acids is 1. The lowest BCUT2D eigenvalue weighted by atomic mass is 10.0. The van der Waals surface area contributed by atoms with E-state index in [0.29, 0.717) is 5.56 Å². The fraction of sp³-hybridized carbons (Fsp3) is 0.357. The lowest BCUT2D eigenvalue weighted by Crippen LogP contribution is -2.33. The molecule has 39 heavy (non-hydrogen) atoms. The summed E-state index contributed by atoms with van der Waals surface area (Å²) in [5.74, 6) is -0.266. The van der Waals surface area contributed by atoms with E-state index in [1.165, 1.54) is 26.9 Å². The highest BCUT2D eigenvalue weighted by atomic mass is 35.5. The molecule has 0 spiro atoms. The van der Waals surface area contributed by atoms with E-state index < -0.39 is 10.0 Å². The second kappa shape index (κ2) is 12.0. The number of amides is 1. The van der Waals surface area contributed by atoms with Gasteiger partial charge in [0.1, 0.15) is 10.0 Å². The first-order valence-electron chi connectivity index (χ1n) is 12.8. The van der Waals surface area contributed by atoms with Gasteiger partial charge >= 0.3 is 0 Å². The van der Waals surface area contributed by atoms with Crippen LogP contribution in [0.5, 0.6) is 0 Å². The van der Waals surface area contributed by atoms with Crippen LogP contribution in [-0.2, 0) is 23.0 Å². The Kier molecular flexibility index (Phi) is 9.15. The standard InChI is InChI=1S/C28H32N4O3S3.ClH/c1-5-15-32-16-14-21-24(17-32)37-28(25(21)27-29-22-8-6-7-9-23(22)36-27)30-26(33)19-10-12-20(13-11-19)38(34,35)31(4)18(2)3;/h6-13,18H,5,14-17H2,1-4H3,(H,30,33);1H. The minimum absolute atomic E-state index is 0. The maximum Gasteiger partial charge on any atom is 0.256 e. The van der Waals surface area contributed by atoms with E-state index in [9.17, 15) is 13.2 Å². The highest BCUT2D eigenvalue weighted by Gasteiger charge is 2.28. The predicted molar refractivity (Wildman–Crippen MR) is 164 cm³/mol. The molecule has 0 fully saturated rings. The summed E-state index contributed by atoms with van der Waals surface area (Å²) in [6, 6.07) is 14.1. The summed E-state index contributed by atoms with van der Waals surface area (Å²) in [7, 11) is -2.06. The highest BCUT2D eigenvalue weighted by molar-refractivity contribution is 7.89. The van der Waals surface area contributed by atoms with Crippen molar-refractivity contribution in [2.75, 3.05) is 25.5 Å². The average Bonchev–Trinajstić information content (AvgIpc) is 3.48. The van der Waals surface area contributed by atoms with Crippen molar-refractivity contribution in [3.63, 3.8) is 0 Å². The summed E-state index contributed by atoms with van der Waals surface area (Å²) in [6.07, 6.45) is 2.02. The first-order chi connectivity index (χ1) is 18.2. The van der Waals surface area contributed by atoms with Gasteiger partial charge in [-0.15, -0.1) is 35.1 Å². The zero-order chi connectivity index (χ0) is 27.0. The van der Waals surface area contributed by atoms with Gasteiger partial charge in [-0.25, -0.2) is 13.4 Å². The van der Waals surface area contributed by atoms with E-state index in [-0.39, 0.29) is 29.3 Å². The van der Waals surface area contributed by atoms with Crippen LogP contribution in [0.1, 0.15) is 48.0 Å². The summed E-state index contributed by atoms with van der Waals surface area (Å²) in [6.45, 7) is 8.76. The summed E-state index contributed by atoms with van der Waals surface area (Å²) < 4.78 is 28.1. The van der Waals surface area contributed by atoms with Gasteiger partial charge in [0, 0.05) is 42.2 Å². The maximum absolute atomic E-state index is 13.4. The number of benzene rings is 2. The number of halogens is 1. The molecule has 7 nitrogen and oxygen atoms in total. The van der Waals surface area contributed by atoms with Crippen LogP contribution < -0.4 is 5.32 Å². The van der Waals surface area contributed by atoms with E-state index in [2.05, 4.69) is 23.2 Å². The molecular weight excluding hydrogens is 572 g/mol. The number of anilines is 1. The lowest BCUT2D eigenvalue weighted by Gasteiger charge is -2.26. The second-order valence-corrected chi connectivity index (χ2v) is 13.9. The van der Waals surface area contributed by atoms with Crippen LogP contribution in [-0.4, -0.2) is 54.7 Å². The molecular formula is C28H33ClN4O3S3. The molecule has 0 aliphatic carbocycles. The maximum atomic E-state index is 13.4. The summed E-state index contributed by atoms with van der Waals surface area (Å²) in [5, 5.41) is 4.86.